The van der Waals surface area contributed by atoms with Gasteiger partial charge in [0.2, 0.25) is 0 Å². The molecule has 6 nitrogen and oxygen atoms in total. The van der Waals surface area contributed by atoms with E-state index in [4.69, 9.17) is 31.2 Å². The molecule has 0 spiro atoms. The summed E-state index contributed by atoms with van der Waals surface area (Å²) in [6.45, 7) is 6.98. The zero-order valence-electron chi connectivity index (χ0n) is 22.0. The molecule has 7 heteroatoms. The number of hydrogen-bond donors (Lipinski definition) is 1. The number of nitrogens with one attached hydrogen (secondary N) is 1. The molecule has 0 saturated heterocycles. The normalized spacial score (nSPS) is 12.5. The van der Waals surface area contributed by atoms with Gasteiger partial charge in [-0.25, -0.2) is 4.99 Å². The first-order valence-electron chi connectivity index (χ1n) is 12.1. The maximum Gasteiger partial charge on any atom is 0.161 e. The molecule has 0 aromatic heterocycles. The topological polar surface area (TPSA) is 61.3 Å². The van der Waals surface area contributed by atoms with Crippen molar-refractivity contribution in [2.45, 2.75) is 44.9 Å². The highest BCUT2D eigenvalue weighted by atomic mass is 32.1. The molecule has 1 N–H and O–H groups in total. The molecule has 0 aliphatic carbocycles. The fourth-order valence-electron chi connectivity index (χ4n) is 4.55. The second kappa shape index (κ2) is 14.7. The number of thiocarbonyl (C=S) groups is 1. The predicted molar refractivity (Wildman–Crippen MR) is 146 cm³/mol. The van der Waals surface area contributed by atoms with Gasteiger partial charge in [-0.15, -0.1) is 0 Å². The third kappa shape index (κ3) is 7.69. The van der Waals surface area contributed by atoms with Crippen molar-refractivity contribution in [1.29, 1.82) is 0 Å². The van der Waals surface area contributed by atoms with Gasteiger partial charge in [-0.3, -0.25) is 0 Å². The van der Waals surface area contributed by atoms with Crippen LogP contribution in [-0.4, -0.2) is 53.2 Å². The summed E-state index contributed by atoms with van der Waals surface area (Å²) in [6, 6.07) is 12.3. The Labute approximate surface area is 216 Å². The number of methoxy groups -OCH3 is 4. The summed E-state index contributed by atoms with van der Waals surface area (Å²) in [5, 5.41) is 6.17. The van der Waals surface area contributed by atoms with E-state index in [0.717, 1.165) is 61.8 Å². The van der Waals surface area contributed by atoms with Crippen molar-refractivity contribution in [2.24, 2.45) is 10.9 Å². The minimum Gasteiger partial charge on any atom is -0.493 e. The first-order chi connectivity index (χ1) is 16.9. The van der Waals surface area contributed by atoms with Gasteiger partial charge in [-0.05, 0) is 92.3 Å². The Balaban J connectivity index is 1.96. The van der Waals surface area contributed by atoms with Crippen LogP contribution in [-0.2, 0) is 11.8 Å². The van der Waals surface area contributed by atoms with E-state index < -0.39 is 0 Å². The van der Waals surface area contributed by atoms with Gasteiger partial charge in [-0.2, -0.15) is 0 Å². The molecular formula is C28H40N2O4S. The van der Waals surface area contributed by atoms with Crippen molar-refractivity contribution in [2.75, 3.05) is 48.1 Å². The van der Waals surface area contributed by atoms with Crippen molar-refractivity contribution in [3.8, 4) is 23.0 Å². The minimum absolute atomic E-state index is 0.160. The van der Waals surface area contributed by atoms with Crippen LogP contribution >= 0.6 is 12.2 Å². The second-order valence-corrected chi connectivity index (χ2v) is 9.12. The summed E-state index contributed by atoms with van der Waals surface area (Å²) < 4.78 is 21.7. The van der Waals surface area contributed by atoms with E-state index in [2.05, 4.69) is 53.6 Å². The molecule has 2 aromatic rings. The number of isothiocyanates is 1. The molecule has 1 unspecified atom stereocenters. The first kappa shape index (κ1) is 28.6. The standard InChI is InChI=1S/C28H40N2O4S/c1-21(2)28(19-30-20-35,23-11-13-25(32-4)27(18-23)34-6)14-8-16-29-15-7-9-22-10-12-24(31-3)26(17-22)33-5/h10-13,17-18,21,29H,7-9,14-16,19H2,1-6H3. The van der Waals surface area contributed by atoms with Gasteiger partial charge in [-0.1, -0.05) is 26.0 Å². The van der Waals surface area contributed by atoms with Gasteiger partial charge in [0.25, 0.3) is 0 Å². The molecule has 0 heterocycles. The van der Waals surface area contributed by atoms with E-state index in [1.807, 2.05) is 12.1 Å². The average Bonchev–Trinajstić information content (AvgIpc) is 2.89. The molecule has 0 bridgehead atoms. The molecule has 2 aromatic carbocycles. The maximum atomic E-state index is 5.57. The Hall–Kier alpha value is -2.60. The summed E-state index contributed by atoms with van der Waals surface area (Å²) in [7, 11) is 6.64. The molecule has 192 valence electrons. The molecular weight excluding hydrogens is 460 g/mol. The van der Waals surface area contributed by atoms with E-state index in [1.165, 1.54) is 11.1 Å². The molecule has 0 saturated carbocycles. The lowest BCUT2D eigenvalue weighted by molar-refractivity contribution is 0.283. The molecule has 0 fully saturated rings. The Morgan fingerprint density at radius 3 is 2.06 bits per heavy atom. The number of aliphatic imine (C=N–C) groups is 1. The van der Waals surface area contributed by atoms with Gasteiger partial charge in [0.1, 0.15) is 0 Å². The van der Waals surface area contributed by atoms with Gasteiger partial charge >= 0.3 is 0 Å². The zero-order valence-corrected chi connectivity index (χ0v) is 22.8. The summed E-state index contributed by atoms with van der Waals surface area (Å²) >= 11 is 4.91. The van der Waals surface area contributed by atoms with Crippen LogP contribution < -0.4 is 24.3 Å². The van der Waals surface area contributed by atoms with Crippen molar-refractivity contribution in [3.05, 3.63) is 47.5 Å². The van der Waals surface area contributed by atoms with E-state index >= 15 is 0 Å². The van der Waals surface area contributed by atoms with E-state index in [1.54, 1.807) is 28.4 Å². The predicted octanol–water partition coefficient (Wildman–Crippen LogP) is 5.72. The van der Waals surface area contributed by atoms with Gasteiger partial charge in [0.05, 0.1) is 40.1 Å². The lowest BCUT2D eigenvalue weighted by atomic mass is 9.68. The summed E-state index contributed by atoms with van der Waals surface area (Å²) in [4.78, 5) is 4.38. The SMILES string of the molecule is COc1ccc(CCCNCCCC(CN=C=S)(c2ccc(OC)c(OC)c2)C(C)C)cc1OC. The highest BCUT2D eigenvalue weighted by Crippen LogP contribution is 2.41. The Morgan fingerprint density at radius 2 is 1.46 bits per heavy atom. The number of aryl methyl sites for hydroxylation is 1. The Bertz CT molecular complexity index is 975. The summed E-state index contributed by atoms with van der Waals surface area (Å²) in [5.41, 5.74) is 2.27. The second-order valence-electron chi connectivity index (χ2n) is 8.93. The maximum absolute atomic E-state index is 5.57. The van der Waals surface area contributed by atoms with Gasteiger partial charge in [0.15, 0.2) is 23.0 Å². The molecule has 0 aliphatic rings. The quantitative estimate of drug-likeness (QED) is 0.181. The van der Waals surface area contributed by atoms with Gasteiger partial charge in [0, 0.05) is 5.41 Å². The fraction of sp³-hybridized carbons (Fsp3) is 0.536. The van der Waals surface area contributed by atoms with Crippen molar-refractivity contribution >= 4 is 17.4 Å². The number of nitrogens with zero attached hydrogens (tertiary/aromatic N) is 1. The number of benzene rings is 2. The fourth-order valence-corrected chi connectivity index (χ4v) is 4.61. The van der Waals surface area contributed by atoms with Crippen LogP contribution in [0.5, 0.6) is 23.0 Å². The number of hydrogen-bond acceptors (Lipinski definition) is 7. The van der Waals surface area contributed by atoms with Crippen LogP contribution in [0.2, 0.25) is 0 Å². The third-order valence-electron chi connectivity index (χ3n) is 6.73. The summed E-state index contributed by atoms with van der Waals surface area (Å²) in [6.07, 6.45) is 4.03. The van der Waals surface area contributed by atoms with E-state index in [0.29, 0.717) is 12.5 Å². The lowest BCUT2D eigenvalue weighted by Gasteiger charge is -2.37. The van der Waals surface area contributed by atoms with Crippen LogP contribution in [0.4, 0.5) is 0 Å². The molecule has 35 heavy (non-hydrogen) atoms. The van der Waals surface area contributed by atoms with E-state index in [9.17, 15) is 0 Å². The van der Waals surface area contributed by atoms with Crippen LogP contribution in [0.1, 0.15) is 44.2 Å². The molecule has 0 radical (unpaired) electrons. The van der Waals surface area contributed by atoms with Crippen molar-refractivity contribution in [3.63, 3.8) is 0 Å². The van der Waals surface area contributed by atoms with Crippen LogP contribution in [0.3, 0.4) is 0 Å². The molecule has 0 amide bonds. The van der Waals surface area contributed by atoms with Crippen molar-refractivity contribution in [1.82, 2.24) is 5.32 Å². The minimum atomic E-state index is -0.160. The molecule has 2 rings (SSSR count). The van der Waals surface area contributed by atoms with Gasteiger partial charge < -0.3 is 24.3 Å². The highest BCUT2D eigenvalue weighted by molar-refractivity contribution is 7.78. The smallest absolute Gasteiger partial charge is 0.161 e. The highest BCUT2D eigenvalue weighted by Gasteiger charge is 2.36. The zero-order chi connectivity index (χ0) is 25.7. The number of ether oxygens (including phenoxy) is 4. The first-order valence-corrected chi connectivity index (χ1v) is 12.5. The Morgan fingerprint density at radius 1 is 0.857 bits per heavy atom. The third-order valence-corrected chi connectivity index (χ3v) is 6.86. The number of rotatable bonds is 16. The molecule has 1 atom stereocenters. The van der Waals surface area contributed by atoms with Crippen LogP contribution in [0.25, 0.3) is 0 Å². The average molecular weight is 501 g/mol. The van der Waals surface area contributed by atoms with Crippen LogP contribution in [0.15, 0.2) is 41.4 Å². The lowest BCUT2D eigenvalue weighted by Crippen LogP contribution is -2.36. The Kier molecular flexibility index (Phi) is 12.0. The molecule has 0 aliphatic heterocycles. The van der Waals surface area contributed by atoms with Crippen molar-refractivity contribution < 1.29 is 18.9 Å². The monoisotopic (exact) mass is 500 g/mol. The van der Waals surface area contributed by atoms with Crippen LogP contribution in [0, 0.1) is 5.92 Å². The van der Waals surface area contributed by atoms with E-state index in [-0.39, 0.29) is 5.41 Å². The summed E-state index contributed by atoms with van der Waals surface area (Å²) in [5.74, 6) is 3.35. The largest absolute Gasteiger partial charge is 0.493 e.